The highest BCUT2D eigenvalue weighted by molar-refractivity contribution is 6.39. The molecule has 0 fully saturated rings. The first-order valence-electron chi connectivity index (χ1n) is 18.0. The first-order chi connectivity index (χ1) is 26.2. The monoisotopic (exact) mass is 694 g/mol. The summed E-state index contributed by atoms with van der Waals surface area (Å²) in [5.74, 6) is 0. The largest absolute Gasteiger partial charge is 0.309 e. The Balaban J connectivity index is 1.04. The van der Waals surface area contributed by atoms with Crippen LogP contribution in [0, 0.1) is 0 Å². The fourth-order valence-corrected chi connectivity index (χ4v) is 8.84. The minimum Gasteiger partial charge on any atom is -0.309 e. The first kappa shape index (κ1) is 30.1. The summed E-state index contributed by atoms with van der Waals surface area (Å²) in [5, 5.41) is 10.3. The Bertz CT molecular complexity index is 3220. The molecule has 9 aromatic carbocycles. The van der Waals surface area contributed by atoms with E-state index in [2.05, 4.69) is 197 Å². The van der Waals surface area contributed by atoms with E-state index in [-0.39, 0.29) is 0 Å². The zero-order chi connectivity index (χ0) is 35.0. The Morgan fingerprint density at radius 3 is 1.38 bits per heavy atom. The zero-order valence-electron chi connectivity index (χ0n) is 28.7. The van der Waals surface area contributed by atoms with Crippen molar-refractivity contribution >= 4 is 76.8 Å². The van der Waals surface area contributed by atoms with Gasteiger partial charge in [-0.15, -0.1) is 0 Å². The Hall–Kier alpha value is -6.61. The molecule has 2 nitrogen and oxygen atoms in total. The maximum atomic E-state index is 7.37. The van der Waals surface area contributed by atoms with Gasteiger partial charge in [0.05, 0.1) is 27.1 Å². The fourth-order valence-electron chi connectivity index (χ4n) is 8.50. The maximum absolute atomic E-state index is 7.37. The van der Waals surface area contributed by atoms with E-state index >= 15 is 0 Å². The molecule has 0 radical (unpaired) electrons. The van der Waals surface area contributed by atoms with E-state index in [4.69, 9.17) is 11.6 Å². The van der Waals surface area contributed by atoms with Crippen LogP contribution < -0.4 is 0 Å². The van der Waals surface area contributed by atoms with Crippen molar-refractivity contribution in [2.45, 2.75) is 0 Å². The Kier molecular flexibility index (Phi) is 6.64. The normalized spacial score (nSPS) is 11.9. The van der Waals surface area contributed by atoms with Gasteiger partial charge in [-0.2, -0.15) is 0 Å². The lowest BCUT2D eigenvalue weighted by atomic mass is 9.94. The van der Waals surface area contributed by atoms with Crippen molar-refractivity contribution in [2.24, 2.45) is 0 Å². The molecule has 0 saturated heterocycles. The van der Waals surface area contributed by atoms with Gasteiger partial charge in [0.15, 0.2) is 0 Å². The average Bonchev–Trinajstić information content (AvgIpc) is 3.73. The fraction of sp³-hybridized carbons (Fsp3) is 0. The number of benzene rings is 9. The predicted molar refractivity (Wildman–Crippen MR) is 226 cm³/mol. The molecule has 248 valence electrons. The van der Waals surface area contributed by atoms with Crippen molar-refractivity contribution in [1.82, 2.24) is 9.13 Å². The lowest BCUT2D eigenvalue weighted by Crippen LogP contribution is -1.93. The van der Waals surface area contributed by atoms with Crippen LogP contribution in [0.25, 0.3) is 98.8 Å². The van der Waals surface area contributed by atoms with Crippen molar-refractivity contribution < 1.29 is 0 Å². The first-order valence-corrected chi connectivity index (χ1v) is 18.4. The number of hydrogen-bond acceptors (Lipinski definition) is 0. The third-order valence-corrected chi connectivity index (χ3v) is 11.4. The minimum atomic E-state index is 0.774. The predicted octanol–water partition coefficient (Wildman–Crippen LogP) is 14.2. The molecule has 0 spiro atoms. The molecule has 0 N–H and O–H groups in total. The van der Waals surface area contributed by atoms with Gasteiger partial charge in [-0.1, -0.05) is 133 Å². The standard InChI is InChI=1S/C50H31ClN2/c51-50-38(35-23-28-49-45(31-35)41-16-8-10-18-47(41)53(49)37-13-5-2-6-14-37)25-26-39-42(50)24-21-32-19-20-33(29-43(32)39)34-22-27-48-44(30-34)40-15-7-9-17-46(40)52(48)36-11-3-1-4-12-36/h1-31H. The second-order valence-electron chi connectivity index (χ2n) is 13.9. The Labute approximate surface area is 311 Å². The van der Waals surface area contributed by atoms with Crippen LogP contribution in [-0.4, -0.2) is 9.13 Å². The number of hydrogen-bond donors (Lipinski definition) is 0. The van der Waals surface area contributed by atoms with Crippen LogP contribution >= 0.6 is 11.6 Å². The number of rotatable bonds is 4. The molecule has 0 bridgehead atoms. The van der Waals surface area contributed by atoms with E-state index in [9.17, 15) is 0 Å². The van der Waals surface area contributed by atoms with Crippen LogP contribution in [0.3, 0.4) is 0 Å². The number of para-hydroxylation sites is 4. The number of nitrogens with zero attached hydrogens (tertiary/aromatic N) is 2. The summed E-state index contributed by atoms with van der Waals surface area (Å²) >= 11 is 7.37. The van der Waals surface area contributed by atoms with Crippen molar-refractivity contribution in [3.8, 4) is 33.6 Å². The van der Waals surface area contributed by atoms with Gasteiger partial charge in [-0.25, -0.2) is 0 Å². The van der Waals surface area contributed by atoms with Gasteiger partial charge in [0, 0.05) is 43.9 Å². The van der Waals surface area contributed by atoms with Crippen molar-refractivity contribution in [3.05, 3.63) is 193 Å². The third kappa shape index (κ3) is 4.59. The summed E-state index contributed by atoms with van der Waals surface area (Å²) in [6.45, 7) is 0. The van der Waals surface area contributed by atoms with Gasteiger partial charge in [0.2, 0.25) is 0 Å². The summed E-state index contributed by atoms with van der Waals surface area (Å²) in [4.78, 5) is 0. The SMILES string of the molecule is Clc1c(-c2ccc3c(c2)c2ccccc2n3-c2ccccc2)ccc2c1ccc1ccc(-c3ccc4c(c3)c3ccccc3n4-c3ccccc3)cc12. The van der Waals surface area contributed by atoms with Gasteiger partial charge in [-0.3, -0.25) is 0 Å². The van der Waals surface area contributed by atoms with Crippen molar-refractivity contribution in [3.63, 3.8) is 0 Å². The van der Waals surface area contributed by atoms with Gasteiger partial charge in [-0.05, 0) is 99.6 Å². The highest BCUT2D eigenvalue weighted by atomic mass is 35.5. The maximum Gasteiger partial charge on any atom is 0.0562 e. The van der Waals surface area contributed by atoms with E-state index in [0.717, 1.165) is 32.6 Å². The Morgan fingerprint density at radius 2 is 0.755 bits per heavy atom. The lowest BCUT2D eigenvalue weighted by Gasteiger charge is -2.13. The molecule has 0 aliphatic heterocycles. The number of fused-ring (bicyclic) bond motifs is 9. The smallest absolute Gasteiger partial charge is 0.0562 e. The summed E-state index contributed by atoms with van der Waals surface area (Å²) < 4.78 is 4.71. The van der Waals surface area contributed by atoms with E-state index in [1.807, 2.05) is 0 Å². The molecule has 3 heteroatoms. The molecule has 0 amide bonds. The molecule has 0 atom stereocenters. The second-order valence-corrected chi connectivity index (χ2v) is 14.2. The summed E-state index contributed by atoms with van der Waals surface area (Å²) in [7, 11) is 0. The third-order valence-electron chi connectivity index (χ3n) is 11.0. The van der Waals surface area contributed by atoms with Crippen LogP contribution in [0.2, 0.25) is 5.02 Å². The topological polar surface area (TPSA) is 9.86 Å². The molecule has 0 aliphatic carbocycles. The van der Waals surface area contributed by atoms with Gasteiger partial charge in [0.1, 0.15) is 0 Å². The molecule has 0 unspecified atom stereocenters. The molecule has 11 aromatic rings. The van der Waals surface area contributed by atoms with Crippen molar-refractivity contribution in [2.75, 3.05) is 0 Å². The van der Waals surface area contributed by atoms with E-state index in [1.54, 1.807) is 0 Å². The summed E-state index contributed by atoms with van der Waals surface area (Å²) in [6, 6.07) is 67.8. The highest BCUT2D eigenvalue weighted by Crippen LogP contribution is 2.42. The molecular weight excluding hydrogens is 664 g/mol. The minimum absolute atomic E-state index is 0.774. The van der Waals surface area contributed by atoms with Crippen LogP contribution in [-0.2, 0) is 0 Å². The average molecular weight is 695 g/mol. The lowest BCUT2D eigenvalue weighted by molar-refractivity contribution is 1.18. The zero-order valence-corrected chi connectivity index (χ0v) is 29.4. The van der Waals surface area contributed by atoms with E-state index < -0.39 is 0 Å². The van der Waals surface area contributed by atoms with Crippen LogP contribution in [0.15, 0.2) is 188 Å². The van der Waals surface area contributed by atoms with Crippen LogP contribution in [0.1, 0.15) is 0 Å². The van der Waals surface area contributed by atoms with Crippen molar-refractivity contribution in [1.29, 1.82) is 0 Å². The number of aromatic nitrogens is 2. The van der Waals surface area contributed by atoms with Gasteiger partial charge < -0.3 is 9.13 Å². The molecule has 0 aliphatic rings. The van der Waals surface area contributed by atoms with Crippen LogP contribution in [0.4, 0.5) is 0 Å². The van der Waals surface area contributed by atoms with E-state index in [0.29, 0.717) is 0 Å². The van der Waals surface area contributed by atoms with E-state index in [1.165, 1.54) is 71.2 Å². The molecule has 2 heterocycles. The molecule has 2 aromatic heterocycles. The summed E-state index contributed by atoms with van der Waals surface area (Å²) in [6.07, 6.45) is 0. The summed E-state index contributed by atoms with van der Waals surface area (Å²) in [5.41, 5.74) is 11.6. The number of halogens is 1. The molecular formula is C50H31ClN2. The van der Waals surface area contributed by atoms with Gasteiger partial charge in [0.25, 0.3) is 0 Å². The highest BCUT2D eigenvalue weighted by Gasteiger charge is 2.17. The molecule has 0 saturated carbocycles. The Morgan fingerprint density at radius 1 is 0.302 bits per heavy atom. The quantitative estimate of drug-likeness (QED) is 0.162. The van der Waals surface area contributed by atoms with Gasteiger partial charge >= 0.3 is 0 Å². The van der Waals surface area contributed by atoms with Crippen LogP contribution in [0.5, 0.6) is 0 Å². The molecule has 53 heavy (non-hydrogen) atoms. The molecule has 11 rings (SSSR count). The second kappa shape index (κ2) is 11.7.